The molecule has 2 aromatic rings. The van der Waals surface area contributed by atoms with Gasteiger partial charge < -0.3 is 0 Å². The van der Waals surface area contributed by atoms with Crippen LogP contribution in [0.4, 0.5) is 13.2 Å². The molecule has 0 saturated heterocycles. The highest BCUT2D eigenvalue weighted by Gasteiger charge is 2.10. The van der Waals surface area contributed by atoms with E-state index in [9.17, 15) is 13.2 Å². The zero-order valence-electron chi connectivity index (χ0n) is 7.60. The Morgan fingerprint density at radius 3 is 1.87 bits per heavy atom. The van der Waals surface area contributed by atoms with E-state index >= 15 is 0 Å². The summed E-state index contributed by atoms with van der Waals surface area (Å²) >= 11 is 0. The van der Waals surface area contributed by atoms with Gasteiger partial charge in [-0.2, -0.15) is 0 Å². The second-order valence-electron chi connectivity index (χ2n) is 3.03. The van der Waals surface area contributed by atoms with Crippen LogP contribution in [-0.4, -0.2) is 0 Å². The maximum atomic E-state index is 13.3. The second-order valence-corrected chi connectivity index (χ2v) is 3.03. The first kappa shape index (κ1) is 9.77. The minimum Gasteiger partial charge on any atom is -0.207 e. The molecule has 0 atom stereocenters. The lowest BCUT2D eigenvalue weighted by atomic mass is 10.0. The summed E-state index contributed by atoms with van der Waals surface area (Å²) in [6, 6.07) is 9.39. The van der Waals surface area contributed by atoms with E-state index < -0.39 is 17.5 Å². The van der Waals surface area contributed by atoms with Crippen LogP contribution in [0, 0.1) is 23.5 Å². The highest BCUT2D eigenvalue weighted by molar-refractivity contribution is 5.64. The summed E-state index contributed by atoms with van der Waals surface area (Å²) in [4.78, 5) is 0. The van der Waals surface area contributed by atoms with Crippen molar-refractivity contribution >= 4 is 0 Å². The van der Waals surface area contributed by atoms with Crippen molar-refractivity contribution in [2.75, 3.05) is 0 Å². The Kier molecular flexibility index (Phi) is 2.46. The van der Waals surface area contributed by atoms with Crippen LogP contribution in [0.2, 0.25) is 0 Å². The van der Waals surface area contributed by atoms with E-state index in [4.69, 9.17) is 0 Å². The molecule has 0 unspecified atom stereocenters. The largest absolute Gasteiger partial charge is 0.207 e. The van der Waals surface area contributed by atoms with Gasteiger partial charge in [0.2, 0.25) is 0 Å². The number of benzene rings is 2. The van der Waals surface area contributed by atoms with Gasteiger partial charge in [-0.3, -0.25) is 0 Å². The van der Waals surface area contributed by atoms with Crippen molar-refractivity contribution in [2.45, 2.75) is 0 Å². The van der Waals surface area contributed by atoms with Crippen LogP contribution in [0.25, 0.3) is 11.1 Å². The molecule has 3 heteroatoms. The van der Waals surface area contributed by atoms with Crippen LogP contribution in [0.3, 0.4) is 0 Å². The van der Waals surface area contributed by atoms with Crippen molar-refractivity contribution in [2.24, 2.45) is 0 Å². The van der Waals surface area contributed by atoms with Gasteiger partial charge in [0.15, 0.2) is 0 Å². The van der Waals surface area contributed by atoms with Crippen molar-refractivity contribution < 1.29 is 13.2 Å². The third-order valence-corrected chi connectivity index (χ3v) is 2.03. The van der Waals surface area contributed by atoms with E-state index in [1.807, 2.05) is 0 Å². The second kappa shape index (κ2) is 3.77. The van der Waals surface area contributed by atoms with Gasteiger partial charge in [-0.05, 0) is 35.9 Å². The molecule has 0 N–H and O–H groups in total. The molecule has 0 bridgehead atoms. The zero-order valence-corrected chi connectivity index (χ0v) is 7.60. The van der Waals surface area contributed by atoms with Gasteiger partial charge in [-0.15, -0.1) is 0 Å². The lowest BCUT2D eigenvalue weighted by Gasteiger charge is -2.04. The van der Waals surface area contributed by atoms with Crippen molar-refractivity contribution in [1.29, 1.82) is 0 Å². The summed E-state index contributed by atoms with van der Waals surface area (Å²) in [5.41, 5.74) is 0.147. The molecule has 2 aromatic carbocycles. The monoisotopic (exact) mass is 207 g/mol. The average molecular weight is 207 g/mol. The summed E-state index contributed by atoms with van der Waals surface area (Å²) < 4.78 is 39.2. The fourth-order valence-corrected chi connectivity index (χ4v) is 1.34. The van der Waals surface area contributed by atoms with Crippen LogP contribution in [0.5, 0.6) is 0 Å². The van der Waals surface area contributed by atoms with Gasteiger partial charge in [-0.1, -0.05) is 12.1 Å². The zero-order chi connectivity index (χ0) is 10.8. The molecule has 15 heavy (non-hydrogen) atoms. The van der Waals surface area contributed by atoms with E-state index in [1.165, 1.54) is 12.1 Å². The van der Waals surface area contributed by atoms with E-state index in [0.717, 1.165) is 24.3 Å². The predicted octanol–water partition coefficient (Wildman–Crippen LogP) is 3.57. The van der Waals surface area contributed by atoms with Gasteiger partial charge in [-0.25, -0.2) is 13.2 Å². The van der Waals surface area contributed by atoms with E-state index in [-0.39, 0.29) is 5.56 Å². The van der Waals surface area contributed by atoms with Crippen molar-refractivity contribution in [1.82, 2.24) is 0 Å². The SMILES string of the molecule is Fc1ccc(-c2c(F)c[c]cc2F)cc1. The minimum absolute atomic E-state index is 0.159. The van der Waals surface area contributed by atoms with E-state index in [1.54, 1.807) is 0 Å². The van der Waals surface area contributed by atoms with E-state index in [2.05, 4.69) is 6.07 Å². The Balaban J connectivity index is 2.58. The molecule has 0 spiro atoms. The molecular weight excluding hydrogens is 201 g/mol. The fraction of sp³-hybridized carbons (Fsp3) is 0. The first-order valence-corrected chi connectivity index (χ1v) is 4.29. The average Bonchev–Trinajstić information content (AvgIpc) is 2.20. The van der Waals surface area contributed by atoms with Crippen molar-refractivity contribution in [3.8, 4) is 11.1 Å². The molecule has 0 saturated carbocycles. The Morgan fingerprint density at radius 2 is 1.33 bits per heavy atom. The van der Waals surface area contributed by atoms with Gasteiger partial charge in [0, 0.05) is 0 Å². The molecule has 0 aliphatic rings. The Morgan fingerprint density at radius 1 is 0.800 bits per heavy atom. The fourth-order valence-electron chi connectivity index (χ4n) is 1.34. The van der Waals surface area contributed by atoms with Crippen molar-refractivity contribution in [3.05, 3.63) is 59.9 Å². The van der Waals surface area contributed by atoms with Gasteiger partial charge in [0.1, 0.15) is 17.5 Å². The molecular formula is C12H6F3. The summed E-state index contributed by atoms with van der Waals surface area (Å²) in [6.45, 7) is 0. The van der Waals surface area contributed by atoms with Crippen LogP contribution >= 0.6 is 0 Å². The lowest BCUT2D eigenvalue weighted by Crippen LogP contribution is -1.89. The first-order valence-electron chi connectivity index (χ1n) is 4.29. The Bertz CT molecular complexity index is 454. The van der Waals surface area contributed by atoms with Crippen molar-refractivity contribution in [3.63, 3.8) is 0 Å². The normalized spacial score (nSPS) is 10.3. The lowest BCUT2D eigenvalue weighted by molar-refractivity contribution is 0.588. The van der Waals surface area contributed by atoms with Gasteiger partial charge >= 0.3 is 0 Å². The minimum atomic E-state index is -0.707. The summed E-state index contributed by atoms with van der Waals surface area (Å²) in [6.07, 6.45) is 0. The highest BCUT2D eigenvalue weighted by atomic mass is 19.1. The number of rotatable bonds is 1. The third kappa shape index (κ3) is 1.86. The maximum Gasteiger partial charge on any atom is 0.134 e. The Hall–Kier alpha value is -1.77. The first-order chi connectivity index (χ1) is 7.18. The Labute approximate surface area is 85.0 Å². The molecule has 2 rings (SSSR count). The van der Waals surface area contributed by atoms with Crippen LogP contribution in [0.1, 0.15) is 0 Å². The van der Waals surface area contributed by atoms with Gasteiger partial charge in [0.05, 0.1) is 5.56 Å². The molecule has 75 valence electrons. The smallest absolute Gasteiger partial charge is 0.134 e. The molecule has 0 fully saturated rings. The third-order valence-electron chi connectivity index (χ3n) is 2.03. The molecule has 0 heterocycles. The van der Waals surface area contributed by atoms with E-state index in [0.29, 0.717) is 5.56 Å². The number of hydrogen-bond donors (Lipinski definition) is 0. The number of hydrogen-bond acceptors (Lipinski definition) is 0. The summed E-state index contributed by atoms with van der Waals surface area (Å²) in [7, 11) is 0. The number of halogens is 3. The quantitative estimate of drug-likeness (QED) is 0.670. The van der Waals surface area contributed by atoms with Crippen LogP contribution in [0.15, 0.2) is 36.4 Å². The summed E-state index contributed by atoms with van der Waals surface area (Å²) in [5.74, 6) is -1.86. The molecule has 0 aliphatic heterocycles. The molecule has 0 aromatic heterocycles. The molecule has 1 radical (unpaired) electrons. The molecule has 0 amide bonds. The molecule has 0 aliphatic carbocycles. The summed E-state index contributed by atoms with van der Waals surface area (Å²) in [5, 5.41) is 0. The predicted molar refractivity (Wildman–Crippen MR) is 50.6 cm³/mol. The van der Waals surface area contributed by atoms with Gasteiger partial charge in [0.25, 0.3) is 0 Å². The maximum absolute atomic E-state index is 13.3. The standard InChI is InChI=1S/C12H6F3/c13-9-6-4-8(5-7-9)12-10(14)2-1-3-11(12)15/h2-7H. The van der Waals surface area contributed by atoms with Crippen LogP contribution in [-0.2, 0) is 0 Å². The molecule has 0 nitrogen and oxygen atoms in total. The highest BCUT2D eigenvalue weighted by Crippen LogP contribution is 2.25. The topological polar surface area (TPSA) is 0 Å². The van der Waals surface area contributed by atoms with Crippen LogP contribution < -0.4 is 0 Å².